The van der Waals surface area contributed by atoms with Gasteiger partial charge in [0.25, 0.3) is 0 Å². The van der Waals surface area contributed by atoms with E-state index in [9.17, 15) is 4.79 Å². The van der Waals surface area contributed by atoms with E-state index in [1.165, 1.54) is 0 Å². The van der Waals surface area contributed by atoms with Crippen molar-refractivity contribution < 1.29 is 19.4 Å². The summed E-state index contributed by atoms with van der Waals surface area (Å²) >= 11 is 0. The molecule has 0 bridgehead atoms. The minimum Gasteiger partial charge on any atom is -0.479 e. The zero-order valence-corrected chi connectivity index (χ0v) is 5.74. The van der Waals surface area contributed by atoms with E-state index in [1.54, 1.807) is 6.92 Å². The third kappa shape index (κ3) is 1.46. The van der Waals surface area contributed by atoms with Crippen molar-refractivity contribution in [3.05, 3.63) is 0 Å². The Morgan fingerprint density at radius 2 is 2.10 bits per heavy atom. The maximum Gasteiger partial charge on any atom is 0.335 e. The van der Waals surface area contributed by atoms with E-state index in [0.717, 1.165) is 0 Å². The minimum atomic E-state index is -0.952. The summed E-state index contributed by atoms with van der Waals surface area (Å²) in [7, 11) is 0. The molecular weight excluding hydrogens is 136 g/mol. The van der Waals surface area contributed by atoms with Gasteiger partial charge in [0.1, 0.15) is 0 Å². The minimum absolute atomic E-state index is 0.328. The summed E-state index contributed by atoms with van der Waals surface area (Å²) in [5.41, 5.74) is 0. The SMILES string of the molecule is C[C@@H]1OCCO[C@@H]1C(=O)O. The number of carbonyl (C=O) groups is 1. The highest BCUT2D eigenvalue weighted by molar-refractivity contribution is 5.73. The van der Waals surface area contributed by atoms with Gasteiger partial charge < -0.3 is 14.6 Å². The van der Waals surface area contributed by atoms with Crippen LogP contribution in [0.15, 0.2) is 0 Å². The number of hydrogen-bond donors (Lipinski definition) is 1. The second-order valence-electron chi connectivity index (χ2n) is 2.21. The van der Waals surface area contributed by atoms with Crippen molar-refractivity contribution in [1.29, 1.82) is 0 Å². The van der Waals surface area contributed by atoms with Crippen molar-refractivity contribution in [3.8, 4) is 0 Å². The molecule has 0 saturated carbocycles. The monoisotopic (exact) mass is 146 g/mol. The summed E-state index contributed by atoms with van der Waals surface area (Å²) in [6.45, 7) is 2.56. The van der Waals surface area contributed by atoms with Crippen LogP contribution in [0.1, 0.15) is 6.92 Å². The fraction of sp³-hybridized carbons (Fsp3) is 0.833. The lowest BCUT2D eigenvalue weighted by Crippen LogP contribution is -2.41. The Hall–Kier alpha value is -0.610. The van der Waals surface area contributed by atoms with Gasteiger partial charge in [-0.25, -0.2) is 4.79 Å². The van der Waals surface area contributed by atoms with Gasteiger partial charge in [0, 0.05) is 0 Å². The molecule has 0 amide bonds. The van der Waals surface area contributed by atoms with Gasteiger partial charge in [-0.2, -0.15) is 0 Å². The van der Waals surface area contributed by atoms with Crippen LogP contribution >= 0.6 is 0 Å². The second kappa shape index (κ2) is 2.98. The second-order valence-corrected chi connectivity index (χ2v) is 2.21. The smallest absolute Gasteiger partial charge is 0.335 e. The first-order valence-corrected chi connectivity index (χ1v) is 3.18. The van der Waals surface area contributed by atoms with E-state index < -0.39 is 12.1 Å². The Bertz CT molecular complexity index is 134. The molecule has 0 aromatic carbocycles. The van der Waals surface area contributed by atoms with Crippen molar-refractivity contribution in [2.75, 3.05) is 13.2 Å². The lowest BCUT2D eigenvalue weighted by Gasteiger charge is -2.25. The van der Waals surface area contributed by atoms with Gasteiger partial charge in [-0.15, -0.1) is 0 Å². The highest BCUT2D eigenvalue weighted by Crippen LogP contribution is 2.08. The normalized spacial score (nSPS) is 33.7. The molecule has 58 valence electrons. The van der Waals surface area contributed by atoms with Gasteiger partial charge in [-0.3, -0.25) is 0 Å². The van der Waals surface area contributed by atoms with E-state index in [4.69, 9.17) is 14.6 Å². The van der Waals surface area contributed by atoms with Gasteiger partial charge in [0.2, 0.25) is 0 Å². The van der Waals surface area contributed by atoms with Crippen LogP contribution in [0.4, 0.5) is 0 Å². The summed E-state index contributed by atoms with van der Waals surface area (Å²) in [6, 6.07) is 0. The lowest BCUT2D eigenvalue weighted by molar-refractivity contribution is -0.177. The Morgan fingerprint density at radius 3 is 2.50 bits per heavy atom. The molecule has 1 aliphatic rings. The predicted octanol–water partition coefficient (Wildman–Crippen LogP) is -0.125. The van der Waals surface area contributed by atoms with Crippen LogP contribution < -0.4 is 0 Å². The molecule has 0 spiro atoms. The number of hydrogen-bond acceptors (Lipinski definition) is 3. The average Bonchev–Trinajstić information content (AvgIpc) is 1.88. The van der Waals surface area contributed by atoms with E-state index in [1.807, 2.05) is 0 Å². The van der Waals surface area contributed by atoms with Gasteiger partial charge in [0.05, 0.1) is 19.3 Å². The summed E-state index contributed by atoms with van der Waals surface area (Å²) in [4.78, 5) is 10.4. The van der Waals surface area contributed by atoms with Crippen LogP contribution in [0, 0.1) is 0 Å². The van der Waals surface area contributed by atoms with Crippen LogP contribution in [-0.4, -0.2) is 36.5 Å². The highest BCUT2D eigenvalue weighted by atomic mass is 16.6. The fourth-order valence-corrected chi connectivity index (χ4v) is 0.904. The first-order valence-electron chi connectivity index (χ1n) is 3.18. The number of rotatable bonds is 1. The Labute approximate surface area is 58.7 Å². The molecule has 1 aliphatic heterocycles. The molecular formula is C6H10O4. The maximum atomic E-state index is 10.4. The Balaban J connectivity index is 2.47. The molecule has 1 heterocycles. The van der Waals surface area contributed by atoms with Gasteiger partial charge >= 0.3 is 5.97 Å². The molecule has 10 heavy (non-hydrogen) atoms. The molecule has 0 aromatic heterocycles. The molecule has 1 saturated heterocycles. The van der Waals surface area contributed by atoms with Crippen molar-refractivity contribution in [1.82, 2.24) is 0 Å². The first kappa shape index (κ1) is 7.50. The van der Waals surface area contributed by atoms with Gasteiger partial charge in [-0.05, 0) is 6.92 Å². The Kier molecular flexibility index (Phi) is 2.24. The van der Waals surface area contributed by atoms with Crippen molar-refractivity contribution in [2.24, 2.45) is 0 Å². The summed E-state index contributed by atoms with van der Waals surface area (Å²) < 4.78 is 9.97. The molecule has 0 radical (unpaired) electrons. The molecule has 4 heteroatoms. The largest absolute Gasteiger partial charge is 0.479 e. The summed E-state index contributed by atoms with van der Waals surface area (Å²) in [5, 5.41) is 8.50. The van der Waals surface area contributed by atoms with Crippen LogP contribution in [0.25, 0.3) is 0 Å². The molecule has 2 atom stereocenters. The molecule has 0 aliphatic carbocycles. The standard InChI is InChI=1S/C6H10O4/c1-4-5(6(7)8)10-3-2-9-4/h4-5H,2-3H2,1H3,(H,7,8)/t4-,5-/m0/s1. The number of carboxylic acid groups (broad SMARTS) is 1. The van der Waals surface area contributed by atoms with E-state index in [2.05, 4.69) is 0 Å². The van der Waals surface area contributed by atoms with Crippen molar-refractivity contribution >= 4 is 5.97 Å². The van der Waals surface area contributed by atoms with Crippen LogP contribution in [0.3, 0.4) is 0 Å². The summed E-state index contributed by atoms with van der Waals surface area (Å²) in [6.07, 6.45) is -1.11. The average molecular weight is 146 g/mol. The van der Waals surface area contributed by atoms with Gasteiger partial charge in [-0.1, -0.05) is 0 Å². The highest BCUT2D eigenvalue weighted by Gasteiger charge is 2.28. The Morgan fingerprint density at radius 1 is 1.50 bits per heavy atom. The quantitative estimate of drug-likeness (QED) is 0.560. The third-order valence-corrected chi connectivity index (χ3v) is 1.43. The molecule has 1 rings (SSSR count). The van der Waals surface area contributed by atoms with Crippen LogP contribution in [0.5, 0.6) is 0 Å². The fourth-order valence-electron chi connectivity index (χ4n) is 0.904. The zero-order chi connectivity index (χ0) is 7.56. The zero-order valence-electron chi connectivity index (χ0n) is 5.74. The van der Waals surface area contributed by atoms with E-state index in [0.29, 0.717) is 13.2 Å². The molecule has 1 N–H and O–H groups in total. The third-order valence-electron chi connectivity index (χ3n) is 1.43. The molecule has 4 nitrogen and oxygen atoms in total. The van der Waals surface area contributed by atoms with Gasteiger partial charge in [0.15, 0.2) is 6.10 Å². The molecule has 1 fully saturated rings. The number of aliphatic carboxylic acids is 1. The lowest BCUT2D eigenvalue weighted by atomic mass is 10.2. The van der Waals surface area contributed by atoms with E-state index in [-0.39, 0.29) is 6.10 Å². The van der Waals surface area contributed by atoms with E-state index >= 15 is 0 Å². The summed E-state index contributed by atoms with van der Waals surface area (Å²) in [5.74, 6) is -0.952. The van der Waals surface area contributed by atoms with Crippen molar-refractivity contribution in [3.63, 3.8) is 0 Å². The molecule has 0 aromatic rings. The van der Waals surface area contributed by atoms with Crippen LogP contribution in [0.2, 0.25) is 0 Å². The first-order chi connectivity index (χ1) is 4.72. The predicted molar refractivity (Wildman–Crippen MR) is 32.8 cm³/mol. The van der Waals surface area contributed by atoms with Crippen molar-refractivity contribution in [2.45, 2.75) is 19.1 Å². The number of carboxylic acids is 1. The van der Waals surface area contributed by atoms with Crippen LogP contribution in [-0.2, 0) is 14.3 Å². The number of ether oxygens (including phenoxy) is 2. The molecule has 0 unspecified atom stereocenters. The topological polar surface area (TPSA) is 55.8 Å². The maximum absolute atomic E-state index is 10.4.